The second-order valence-corrected chi connectivity index (χ2v) is 7.85. The minimum Gasteiger partial charge on any atom is -0.454 e. The molecule has 2 heterocycles. The summed E-state index contributed by atoms with van der Waals surface area (Å²) in [6, 6.07) is 14.7. The van der Waals surface area contributed by atoms with Crippen molar-refractivity contribution in [1.82, 2.24) is 14.3 Å². The van der Waals surface area contributed by atoms with E-state index in [1.165, 1.54) is 0 Å². The van der Waals surface area contributed by atoms with Gasteiger partial charge in [-0.25, -0.2) is 4.68 Å². The molecule has 2 aromatic carbocycles. The highest BCUT2D eigenvalue weighted by Crippen LogP contribution is 2.33. The van der Waals surface area contributed by atoms with E-state index in [2.05, 4.69) is 5.32 Å². The van der Waals surface area contributed by atoms with Crippen LogP contribution in [0.2, 0.25) is 0 Å². The monoisotopic (exact) mass is 436 g/mol. The van der Waals surface area contributed by atoms with Crippen molar-refractivity contribution < 1.29 is 14.3 Å². The van der Waals surface area contributed by atoms with E-state index in [9.17, 15) is 9.59 Å². The first-order chi connectivity index (χ1) is 15.4. The van der Waals surface area contributed by atoms with E-state index in [1.54, 1.807) is 16.4 Å². The first-order valence-electron chi connectivity index (χ1n) is 10.7. The van der Waals surface area contributed by atoms with Gasteiger partial charge < -0.3 is 14.8 Å². The van der Waals surface area contributed by atoms with Crippen molar-refractivity contribution in [2.75, 3.05) is 18.7 Å². The molecule has 0 saturated carbocycles. The molecule has 1 atom stereocenters. The molecule has 8 nitrogen and oxygen atoms in total. The Hall–Kier alpha value is -3.52. The predicted octanol–water partition coefficient (Wildman–Crippen LogP) is 3.06. The molecule has 1 N–H and O–H groups in total. The molecule has 0 aliphatic carbocycles. The molecule has 0 saturated heterocycles. The van der Waals surface area contributed by atoms with Crippen LogP contribution in [-0.4, -0.2) is 39.6 Å². The summed E-state index contributed by atoms with van der Waals surface area (Å²) < 4.78 is 14.1. The molecule has 32 heavy (non-hydrogen) atoms. The highest BCUT2D eigenvalue weighted by atomic mass is 16.7. The molecule has 0 spiro atoms. The molecular formula is C24H28N4O4. The van der Waals surface area contributed by atoms with Gasteiger partial charge in [-0.05, 0) is 50.2 Å². The predicted molar refractivity (Wildman–Crippen MR) is 122 cm³/mol. The third-order valence-electron chi connectivity index (χ3n) is 5.96. The van der Waals surface area contributed by atoms with Crippen LogP contribution in [0.5, 0.6) is 11.5 Å². The van der Waals surface area contributed by atoms with E-state index in [1.807, 2.05) is 74.2 Å². The Labute approximate surface area is 187 Å². The lowest BCUT2D eigenvalue weighted by Crippen LogP contribution is -2.42. The van der Waals surface area contributed by atoms with Crippen LogP contribution >= 0.6 is 0 Å². The Morgan fingerprint density at radius 3 is 2.59 bits per heavy atom. The smallest absolute Gasteiger partial charge is 0.295 e. The molecule has 168 valence electrons. The number of hydrogen-bond acceptors (Lipinski definition) is 5. The van der Waals surface area contributed by atoms with Crippen molar-refractivity contribution in [1.29, 1.82) is 0 Å². The van der Waals surface area contributed by atoms with Gasteiger partial charge in [0.05, 0.1) is 17.4 Å². The quantitative estimate of drug-likeness (QED) is 0.616. The summed E-state index contributed by atoms with van der Waals surface area (Å²) in [6.45, 7) is 7.15. The Bertz CT molecular complexity index is 1180. The molecule has 0 bridgehead atoms. The lowest BCUT2D eigenvalue weighted by Gasteiger charge is -2.27. The summed E-state index contributed by atoms with van der Waals surface area (Å²) in [5.41, 5.74) is 2.51. The van der Waals surface area contributed by atoms with E-state index in [0.29, 0.717) is 24.5 Å². The highest BCUT2D eigenvalue weighted by Gasteiger charge is 2.25. The molecule has 1 aliphatic rings. The van der Waals surface area contributed by atoms with E-state index in [4.69, 9.17) is 9.47 Å². The van der Waals surface area contributed by atoms with Crippen LogP contribution in [0.1, 0.15) is 25.1 Å². The molecule has 4 rings (SSSR count). The molecule has 1 aromatic heterocycles. The standard InChI is InChI=1S/C24H28N4O4/c1-5-27(14-18-11-12-20-21(13-18)32-15-31-20)17(3)23(29)25-22-16(2)26(4)28(24(22)30)19-9-7-6-8-10-19/h6-13,17H,5,14-15H2,1-4H3,(H,25,29). The van der Waals surface area contributed by atoms with Gasteiger partial charge in [-0.2, -0.15) is 0 Å². The van der Waals surface area contributed by atoms with Gasteiger partial charge in [-0.15, -0.1) is 0 Å². The number of benzene rings is 2. The summed E-state index contributed by atoms with van der Waals surface area (Å²) in [5, 5.41) is 2.87. The van der Waals surface area contributed by atoms with Crippen molar-refractivity contribution in [2.45, 2.75) is 33.4 Å². The fourth-order valence-electron chi connectivity index (χ4n) is 3.90. The lowest BCUT2D eigenvalue weighted by atomic mass is 10.1. The number of hydrogen-bond donors (Lipinski definition) is 1. The van der Waals surface area contributed by atoms with E-state index < -0.39 is 6.04 Å². The number of ether oxygens (including phenoxy) is 2. The molecule has 1 unspecified atom stereocenters. The molecule has 1 amide bonds. The number of amides is 1. The number of nitrogens with zero attached hydrogens (tertiary/aromatic N) is 3. The molecule has 3 aromatic rings. The van der Waals surface area contributed by atoms with Crippen LogP contribution in [0.25, 0.3) is 5.69 Å². The van der Waals surface area contributed by atoms with Crippen LogP contribution in [0.15, 0.2) is 53.3 Å². The minimum atomic E-state index is -0.436. The van der Waals surface area contributed by atoms with Gasteiger partial charge in [-0.3, -0.25) is 19.2 Å². The molecule has 1 aliphatic heterocycles. The van der Waals surface area contributed by atoms with Crippen LogP contribution in [0.3, 0.4) is 0 Å². The second kappa shape index (κ2) is 8.92. The van der Waals surface area contributed by atoms with Gasteiger partial charge >= 0.3 is 0 Å². The van der Waals surface area contributed by atoms with Gasteiger partial charge in [0.2, 0.25) is 12.7 Å². The fourth-order valence-corrected chi connectivity index (χ4v) is 3.90. The van der Waals surface area contributed by atoms with Crippen molar-refractivity contribution in [3.05, 3.63) is 70.1 Å². The summed E-state index contributed by atoms with van der Waals surface area (Å²) in [5.74, 6) is 1.23. The number of carbonyl (C=O) groups excluding carboxylic acids is 1. The summed E-state index contributed by atoms with van der Waals surface area (Å²) in [7, 11) is 1.81. The van der Waals surface area contributed by atoms with Crippen molar-refractivity contribution in [2.24, 2.45) is 7.05 Å². The van der Waals surface area contributed by atoms with Gasteiger partial charge in [0.15, 0.2) is 11.5 Å². The van der Waals surface area contributed by atoms with Gasteiger partial charge in [0.25, 0.3) is 5.56 Å². The SMILES string of the molecule is CCN(Cc1ccc2c(c1)OCO2)C(C)C(=O)Nc1c(C)n(C)n(-c2ccccc2)c1=O. The number of nitrogens with one attached hydrogen (secondary N) is 1. The molecule has 0 fully saturated rings. The summed E-state index contributed by atoms with van der Waals surface area (Å²) >= 11 is 0. The number of likely N-dealkylation sites (N-methyl/N-ethyl adjacent to an activating group) is 1. The number of rotatable bonds is 7. The number of aromatic nitrogens is 2. The van der Waals surface area contributed by atoms with Crippen LogP contribution in [0, 0.1) is 6.92 Å². The third-order valence-corrected chi connectivity index (χ3v) is 5.96. The number of fused-ring (bicyclic) bond motifs is 1. The lowest BCUT2D eigenvalue weighted by molar-refractivity contribution is -0.120. The Balaban J connectivity index is 1.52. The molecule has 8 heteroatoms. The zero-order valence-corrected chi connectivity index (χ0v) is 18.8. The van der Waals surface area contributed by atoms with Gasteiger partial charge in [0.1, 0.15) is 5.69 Å². The van der Waals surface area contributed by atoms with Gasteiger partial charge in [0, 0.05) is 13.6 Å². The normalized spacial score (nSPS) is 13.4. The Morgan fingerprint density at radius 1 is 1.16 bits per heavy atom. The van der Waals surface area contributed by atoms with Crippen LogP contribution in [-0.2, 0) is 18.4 Å². The molecular weight excluding hydrogens is 408 g/mol. The first-order valence-corrected chi connectivity index (χ1v) is 10.7. The zero-order valence-electron chi connectivity index (χ0n) is 18.8. The fraction of sp³-hybridized carbons (Fsp3) is 0.333. The van der Waals surface area contributed by atoms with E-state index >= 15 is 0 Å². The zero-order chi connectivity index (χ0) is 22.8. The average molecular weight is 437 g/mol. The Kier molecular flexibility index (Phi) is 6.05. The maximum absolute atomic E-state index is 13.1. The van der Waals surface area contributed by atoms with Crippen molar-refractivity contribution in [3.8, 4) is 17.2 Å². The van der Waals surface area contributed by atoms with Crippen LogP contribution < -0.4 is 20.3 Å². The molecule has 0 radical (unpaired) electrons. The summed E-state index contributed by atoms with van der Waals surface area (Å²) in [4.78, 5) is 28.2. The van der Waals surface area contributed by atoms with Crippen LogP contribution in [0.4, 0.5) is 5.69 Å². The average Bonchev–Trinajstić information content (AvgIpc) is 3.35. The third kappa shape index (κ3) is 4.01. The van der Waals surface area contributed by atoms with Crippen molar-refractivity contribution >= 4 is 11.6 Å². The summed E-state index contributed by atoms with van der Waals surface area (Å²) in [6.07, 6.45) is 0. The van der Waals surface area contributed by atoms with E-state index in [0.717, 1.165) is 22.7 Å². The topological polar surface area (TPSA) is 77.7 Å². The highest BCUT2D eigenvalue weighted by molar-refractivity contribution is 5.95. The largest absolute Gasteiger partial charge is 0.454 e. The van der Waals surface area contributed by atoms with E-state index in [-0.39, 0.29) is 18.3 Å². The first kappa shape index (κ1) is 21.7. The van der Waals surface area contributed by atoms with Crippen molar-refractivity contribution in [3.63, 3.8) is 0 Å². The maximum Gasteiger partial charge on any atom is 0.295 e. The number of anilines is 1. The maximum atomic E-state index is 13.1. The minimum absolute atomic E-state index is 0.224. The second-order valence-electron chi connectivity index (χ2n) is 7.85. The number of para-hydroxylation sites is 1. The van der Waals surface area contributed by atoms with Gasteiger partial charge in [-0.1, -0.05) is 31.2 Å². The number of carbonyl (C=O) groups is 1. The Morgan fingerprint density at radius 2 is 1.88 bits per heavy atom.